The molecule has 0 aliphatic heterocycles. The van der Waals surface area contributed by atoms with E-state index in [1.165, 1.54) is 43.5 Å². The van der Waals surface area contributed by atoms with E-state index < -0.39 is 18.6 Å². The Balaban J connectivity index is 0.00000100. The Morgan fingerprint density at radius 1 is 1.02 bits per heavy atom. The van der Waals surface area contributed by atoms with Gasteiger partial charge in [0.2, 0.25) is 0 Å². The second-order valence-electron chi connectivity index (χ2n) is 9.78. The summed E-state index contributed by atoms with van der Waals surface area (Å²) in [5, 5.41) is 8.42. The predicted molar refractivity (Wildman–Crippen MR) is 160 cm³/mol. The average molecular weight is 555 g/mol. The molecule has 3 rings (SSSR count). The minimum atomic E-state index is -4.28. The van der Waals surface area contributed by atoms with Crippen molar-refractivity contribution >= 4 is 23.0 Å². The second kappa shape index (κ2) is 15.7. The maximum atomic E-state index is 12.5. The Bertz CT molecular complexity index is 1190. The maximum absolute atomic E-state index is 12.5. The molecule has 8 heteroatoms. The number of halogens is 3. The molecule has 3 N–H and O–H groups in total. The third-order valence-electron chi connectivity index (χ3n) is 6.43. The standard InChI is InChI=1S/C27H31F3N4O.C5H10/c1-6-18(3)23-12-8-22(9-13-23)17-31-19(4)20(5)32-25(7-2)34-26(35)33-24-14-10-21(11-15-24)16-27(28,29)30;1-2-5-3-4-5/h7-15,31H,3-4,6,16-17H2,1-2,5H3,(H2,33,34,35);5H,2-4H2,1H3/b25-7+,32-20+;. The molecule has 0 saturated heterocycles. The first-order valence-corrected chi connectivity index (χ1v) is 13.6. The normalized spacial score (nSPS) is 13.6. The fraction of sp³-hybridized carbons (Fsp3) is 0.375. The quantitative estimate of drug-likeness (QED) is 0.243. The number of nitrogens with zero attached hydrogens (tertiary/aromatic N) is 1. The lowest BCUT2D eigenvalue weighted by Gasteiger charge is -2.12. The number of hydrogen-bond donors (Lipinski definition) is 3. The molecule has 0 unspecified atom stereocenters. The van der Waals surface area contributed by atoms with Gasteiger partial charge in [0.1, 0.15) is 5.82 Å². The van der Waals surface area contributed by atoms with E-state index >= 15 is 0 Å². The molecule has 2 amide bonds. The van der Waals surface area contributed by atoms with Gasteiger partial charge in [-0.25, -0.2) is 9.79 Å². The zero-order chi connectivity index (χ0) is 29.7. The highest BCUT2D eigenvalue weighted by atomic mass is 19.4. The Labute approximate surface area is 236 Å². The van der Waals surface area contributed by atoms with E-state index in [0.717, 1.165) is 29.0 Å². The van der Waals surface area contributed by atoms with Crippen LogP contribution in [-0.4, -0.2) is 17.9 Å². The van der Waals surface area contributed by atoms with Crippen LogP contribution in [0.2, 0.25) is 0 Å². The summed E-state index contributed by atoms with van der Waals surface area (Å²) in [4.78, 5) is 16.7. The third kappa shape index (κ3) is 12.4. The fourth-order valence-corrected chi connectivity index (χ4v) is 3.55. The number of allylic oxidation sites excluding steroid dienone is 3. The number of rotatable bonds is 11. The first-order valence-electron chi connectivity index (χ1n) is 13.6. The highest BCUT2D eigenvalue weighted by Gasteiger charge is 2.27. The number of carbonyl (C=O) groups excluding carboxylic acids is 1. The van der Waals surface area contributed by atoms with Crippen LogP contribution < -0.4 is 16.0 Å². The van der Waals surface area contributed by atoms with Crippen LogP contribution in [-0.2, 0) is 13.0 Å². The Morgan fingerprint density at radius 3 is 2.10 bits per heavy atom. The highest BCUT2D eigenvalue weighted by Crippen LogP contribution is 2.31. The van der Waals surface area contributed by atoms with Gasteiger partial charge in [0.25, 0.3) is 0 Å². The van der Waals surface area contributed by atoms with Crippen molar-refractivity contribution in [2.45, 2.75) is 72.5 Å². The molecule has 0 bridgehead atoms. The number of carbonyl (C=O) groups is 1. The fourth-order valence-electron chi connectivity index (χ4n) is 3.55. The molecule has 1 aliphatic carbocycles. The van der Waals surface area contributed by atoms with E-state index in [-0.39, 0.29) is 5.56 Å². The lowest BCUT2D eigenvalue weighted by molar-refractivity contribution is -0.127. The topological polar surface area (TPSA) is 65.5 Å². The van der Waals surface area contributed by atoms with E-state index in [2.05, 4.69) is 47.9 Å². The minimum absolute atomic E-state index is 0.117. The first kappa shape index (κ1) is 32.4. The van der Waals surface area contributed by atoms with Gasteiger partial charge in [-0.15, -0.1) is 0 Å². The van der Waals surface area contributed by atoms with Crippen molar-refractivity contribution in [3.63, 3.8) is 0 Å². The molecule has 2 aromatic rings. The molecule has 1 fully saturated rings. The van der Waals surface area contributed by atoms with E-state index in [9.17, 15) is 18.0 Å². The summed E-state index contributed by atoms with van der Waals surface area (Å²) in [6, 6.07) is 13.1. The van der Waals surface area contributed by atoms with Crippen molar-refractivity contribution in [3.05, 3.63) is 96.0 Å². The predicted octanol–water partition coefficient (Wildman–Crippen LogP) is 8.77. The van der Waals surface area contributed by atoms with Crippen LogP contribution in [0.5, 0.6) is 0 Å². The van der Waals surface area contributed by atoms with Crippen LogP contribution in [0.25, 0.3) is 5.57 Å². The van der Waals surface area contributed by atoms with Crippen LogP contribution in [0.4, 0.5) is 23.7 Å². The van der Waals surface area contributed by atoms with Gasteiger partial charge in [-0.1, -0.05) is 82.7 Å². The number of benzene rings is 2. The average Bonchev–Trinajstić information content (AvgIpc) is 3.76. The summed E-state index contributed by atoms with van der Waals surface area (Å²) >= 11 is 0. The van der Waals surface area contributed by atoms with Gasteiger partial charge in [-0.2, -0.15) is 13.2 Å². The molecule has 0 aromatic heterocycles. The minimum Gasteiger partial charge on any atom is -0.380 e. The van der Waals surface area contributed by atoms with Gasteiger partial charge in [-0.05, 0) is 66.7 Å². The van der Waals surface area contributed by atoms with Gasteiger partial charge in [0.15, 0.2) is 0 Å². The van der Waals surface area contributed by atoms with Crippen molar-refractivity contribution < 1.29 is 18.0 Å². The van der Waals surface area contributed by atoms with Crippen molar-refractivity contribution in [1.29, 1.82) is 0 Å². The second-order valence-corrected chi connectivity index (χ2v) is 9.78. The number of anilines is 1. The number of alkyl halides is 3. The molecule has 0 atom stereocenters. The van der Waals surface area contributed by atoms with Gasteiger partial charge in [0, 0.05) is 17.9 Å². The number of aliphatic imine (C=N–C) groups is 1. The summed E-state index contributed by atoms with van der Waals surface area (Å²) in [5.74, 6) is 1.44. The largest absolute Gasteiger partial charge is 0.393 e. The van der Waals surface area contributed by atoms with Crippen molar-refractivity contribution in [1.82, 2.24) is 10.6 Å². The first-order chi connectivity index (χ1) is 18.9. The molecule has 2 aromatic carbocycles. The Hall–Kier alpha value is -3.81. The van der Waals surface area contributed by atoms with Crippen LogP contribution >= 0.6 is 0 Å². The number of nitrogens with one attached hydrogen (secondary N) is 3. The highest BCUT2D eigenvalue weighted by molar-refractivity contribution is 5.98. The zero-order valence-corrected chi connectivity index (χ0v) is 23.9. The van der Waals surface area contributed by atoms with Gasteiger partial charge < -0.3 is 10.6 Å². The summed E-state index contributed by atoms with van der Waals surface area (Å²) < 4.78 is 37.4. The summed E-state index contributed by atoms with van der Waals surface area (Å²) in [5.41, 5.74) is 4.96. The molecule has 1 saturated carbocycles. The van der Waals surface area contributed by atoms with Gasteiger partial charge in [0.05, 0.1) is 12.1 Å². The Morgan fingerprint density at radius 2 is 1.62 bits per heavy atom. The summed E-state index contributed by atoms with van der Waals surface area (Å²) in [7, 11) is 0. The molecule has 0 spiro atoms. The molecule has 5 nitrogen and oxygen atoms in total. The van der Waals surface area contributed by atoms with E-state index in [4.69, 9.17) is 0 Å². The smallest absolute Gasteiger partial charge is 0.380 e. The van der Waals surface area contributed by atoms with Crippen LogP contribution in [0.15, 0.2) is 84.3 Å². The van der Waals surface area contributed by atoms with Gasteiger partial charge >= 0.3 is 12.2 Å². The lowest BCUT2D eigenvalue weighted by Crippen LogP contribution is -2.28. The SMILES string of the molecule is C=C(NCc1ccc(C(=C)CC)cc1)/C(C)=N/C(=C\C)NC(=O)Nc1ccc(CC(F)(F)F)cc1.CCC1CC1. The van der Waals surface area contributed by atoms with Gasteiger partial charge in [-0.3, -0.25) is 5.32 Å². The zero-order valence-electron chi connectivity index (χ0n) is 23.9. The molecule has 0 radical (unpaired) electrons. The summed E-state index contributed by atoms with van der Waals surface area (Å²) in [6.45, 7) is 16.4. The van der Waals surface area contributed by atoms with E-state index in [0.29, 0.717) is 29.5 Å². The summed E-state index contributed by atoms with van der Waals surface area (Å²) in [6.07, 6.45) is 1.66. The van der Waals surface area contributed by atoms with E-state index in [1.54, 1.807) is 19.9 Å². The molecule has 216 valence electrons. The van der Waals surface area contributed by atoms with Crippen LogP contribution in [0, 0.1) is 5.92 Å². The van der Waals surface area contributed by atoms with E-state index in [1.807, 2.05) is 24.3 Å². The maximum Gasteiger partial charge on any atom is 0.393 e. The molecular weight excluding hydrogens is 513 g/mol. The van der Waals surface area contributed by atoms with Crippen LogP contribution in [0.3, 0.4) is 0 Å². The van der Waals surface area contributed by atoms with Crippen molar-refractivity contribution in [3.8, 4) is 0 Å². The number of hydrogen-bond acceptors (Lipinski definition) is 3. The Kier molecular flexibility index (Phi) is 12.7. The van der Waals surface area contributed by atoms with Crippen molar-refractivity contribution in [2.75, 3.05) is 5.32 Å². The van der Waals surface area contributed by atoms with Crippen LogP contribution in [0.1, 0.15) is 70.1 Å². The third-order valence-corrected chi connectivity index (χ3v) is 6.43. The molecular formula is C32H41F3N4O. The lowest BCUT2D eigenvalue weighted by atomic mass is 10.0. The van der Waals surface area contributed by atoms with Crippen molar-refractivity contribution in [2.24, 2.45) is 10.9 Å². The molecule has 0 heterocycles. The number of urea groups is 1. The molecule has 1 aliphatic rings. The monoisotopic (exact) mass is 554 g/mol. The molecule has 40 heavy (non-hydrogen) atoms. The number of amides is 2.